The third kappa shape index (κ3) is 4.25. The number of carbonyl (C=O) groups is 2. The van der Waals surface area contributed by atoms with Crippen LogP contribution in [0.4, 0.5) is 13.2 Å². The summed E-state index contributed by atoms with van der Waals surface area (Å²) < 4.78 is 43.9. The predicted octanol–water partition coefficient (Wildman–Crippen LogP) is 7.06. The molecule has 0 saturated heterocycles. The van der Waals surface area contributed by atoms with E-state index in [0.29, 0.717) is 17.7 Å². The molecule has 0 bridgehead atoms. The first-order valence-electron chi connectivity index (χ1n) is 11.4. The summed E-state index contributed by atoms with van der Waals surface area (Å²) in [5.74, 6) is -0.939. The average Bonchev–Trinajstić information content (AvgIpc) is 2.84. The number of esters is 1. The third-order valence-corrected chi connectivity index (χ3v) is 7.01. The second-order valence-corrected chi connectivity index (χ2v) is 9.08. The van der Waals surface area contributed by atoms with Gasteiger partial charge in [-0.2, -0.15) is 13.2 Å². The zero-order chi connectivity index (χ0) is 23.9. The van der Waals surface area contributed by atoms with Crippen molar-refractivity contribution in [2.24, 2.45) is 11.8 Å². The standard InChI is InChI=1S/C28H23F3O3/c29-28(30,31)22-14-12-18(13-15-22)17-8-10-19(11-9-17)20-4-3-5-21(16-20)25-26(32)23-6-1-2-7-24(23)34-27(25)33/h1-2,6-15,20-21,25H,3-5,16H2. The number of fused-ring (bicyclic) bond motifs is 1. The van der Waals surface area contributed by atoms with Gasteiger partial charge in [-0.15, -0.1) is 0 Å². The van der Waals surface area contributed by atoms with Crippen LogP contribution in [-0.4, -0.2) is 11.8 Å². The van der Waals surface area contributed by atoms with Crippen molar-refractivity contribution in [1.82, 2.24) is 0 Å². The van der Waals surface area contributed by atoms with E-state index in [1.165, 1.54) is 12.1 Å². The van der Waals surface area contributed by atoms with E-state index in [4.69, 9.17) is 4.74 Å². The maximum atomic E-state index is 13.1. The van der Waals surface area contributed by atoms with Gasteiger partial charge in [0.2, 0.25) is 0 Å². The second-order valence-electron chi connectivity index (χ2n) is 9.08. The van der Waals surface area contributed by atoms with E-state index in [1.54, 1.807) is 24.3 Å². The lowest BCUT2D eigenvalue weighted by molar-refractivity contribution is -0.140. The van der Waals surface area contributed by atoms with Gasteiger partial charge in [-0.1, -0.05) is 55.0 Å². The van der Waals surface area contributed by atoms with Gasteiger partial charge in [0.25, 0.3) is 0 Å². The maximum absolute atomic E-state index is 13.1. The number of para-hydroxylation sites is 1. The van der Waals surface area contributed by atoms with Crippen molar-refractivity contribution in [3.8, 4) is 16.9 Å². The summed E-state index contributed by atoms with van der Waals surface area (Å²) in [7, 11) is 0. The van der Waals surface area contributed by atoms with E-state index in [1.807, 2.05) is 24.3 Å². The third-order valence-electron chi connectivity index (χ3n) is 7.01. The van der Waals surface area contributed by atoms with Crippen LogP contribution in [0, 0.1) is 11.8 Å². The normalized spacial score (nSPS) is 22.7. The van der Waals surface area contributed by atoms with E-state index >= 15 is 0 Å². The first-order valence-corrected chi connectivity index (χ1v) is 11.4. The Bertz CT molecular complexity index is 1210. The molecular formula is C28H23F3O3. The molecule has 0 spiro atoms. The van der Waals surface area contributed by atoms with Gasteiger partial charge in [0.1, 0.15) is 11.7 Å². The molecule has 1 saturated carbocycles. The van der Waals surface area contributed by atoms with E-state index in [2.05, 4.69) is 0 Å². The van der Waals surface area contributed by atoms with E-state index in [-0.39, 0.29) is 17.6 Å². The minimum absolute atomic E-state index is 0.0818. The van der Waals surface area contributed by atoms with Crippen LogP contribution in [0.25, 0.3) is 11.1 Å². The average molecular weight is 464 g/mol. The topological polar surface area (TPSA) is 43.4 Å². The van der Waals surface area contributed by atoms with Crippen LogP contribution >= 0.6 is 0 Å². The fourth-order valence-electron chi connectivity index (χ4n) is 5.24. The highest BCUT2D eigenvalue weighted by Crippen LogP contribution is 2.43. The monoisotopic (exact) mass is 464 g/mol. The molecule has 5 rings (SSSR count). The Morgan fingerprint density at radius 3 is 2.12 bits per heavy atom. The smallest absolute Gasteiger partial charge is 0.416 e. The molecule has 3 nitrogen and oxygen atoms in total. The van der Waals surface area contributed by atoms with Crippen LogP contribution in [0.2, 0.25) is 0 Å². The van der Waals surface area contributed by atoms with Crippen LogP contribution in [0.1, 0.15) is 53.1 Å². The first-order chi connectivity index (χ1) is 16.3. The van der Waals surface area contributed by atoms with Crippen molar-refractivity contribution in [3.63, 3.8) is 0 Å². The molecule has 0 amide bonds. The van der Waals surface area contributed by atoms with Gasteiger partial charge in [0, 0.05) is 0 Å². The van der Waals surface area contributed by atoms with E-state index < -0.39 is 23.6 Å². The number of ketones is 1. The van der Waals surface area contributed by atoms with Gasteiger partial charge in [0.05, 0.1) is 11.1 Å². The van der Waals surface area contributed by atoms with Crippen LogP contribution in [0.15, 0.2) is 72.8 Å². The Morgan fingerprint density at radius 2 is 1.44 bits per heavy atom. The molecule has 174 valence electrons. The lowest BCUT2D eigenvalue weighted by Crippen LogP contribution is -2.40. The van der Waals surface area contributed by atoms with Crippen molar-refractivity contribution in [2.45, 2.75) is 37.8 Å². The molecule has 3 aromatic carbocycles. The number of carbonyl (C=O) groups excluding carboxylic acids is 2. The zero-order valence-corrected chi connectivity index (χ0v) is 18.3. The van der Waals surface area contributed by atoms with Crippen LogP contribution in [0.3, 0.4) is 0 Å². The van der Waals surface area contributed by atoms with Crippen molar-refractivity contribution in [1.29, 1.82) is 0 Å². The first kappa shape index (κ1) is 22.4. The number of hydrogen-bond donors (Lipinski definition) is 0. The molecule has 3 aromatic rings. The molecule has 0 N–H and O–H groups in total. The van der Waals surface area contributed by atoms with Crippen molar-refractivity contribution >= 4 is 11.8 Å². The van der Waals surface area contributed by atoms with Gasteiger partial charge in [-0.25, -0.2) is 0 Å². The quantitative estimate of drug-likeness (QED) is 0.237. The van der Waals surface area contributed by atoms with Crippen LogP contribution < -0.4 is 4.74 Å². The SMILES string of the molecule is O=C1Oc2ccccc2C(=O)C1C1CCCC(c2ccc(-c3ccc(C(F)(F)F)cc3)cc2)C1. The highest BCUT2D eigenvalue weighted by atomic mass is 19.4. The summed E-state index contributed by atoms with van der Waals surface area (Å²) in [6.07, 6.45) is -0.966. The van der Waals surface area contributed by atoms with Crippen LogP contribution in [-0.2, 0) is 11.0 Å². The van der Waals surface area contributed by atoms with Crippen molar-refractivity contribution in [2.75, 3.05) is 0 Å². The summed E-state index contributed by atoms with van der Waals surface area (Å²) in [5.41, 5.74) is 2.47. The molecule has 3 unspecified atom stereocenters. The zero-order valence-electron chi connectivity index (χ0n) is 18.3. The molecule has 1 heterocycles. The fraction of sp³-hybridized carbons (Fsp3) is 0.286. The number of ether oxygens (including phenoxy) is 1. The lowest BCUT2D eigenvalue weighted by Gasteiger charge is -2.35. The molecule has 3 atom stereocenters. The Balaban J connectivity index is 1.32. The largest absolute Gasteiger partial charge is 0.425 e. The summed E-state index contributed by atoms with van der Waals surface area (Å²) in [5, 5.41) is 0. The van der Waals surface area contributed by atoms with Crippen molar-refractivity contribution < 1.29 is 27.5 Å². The molecule has 0 radical (unpaired) electrons. The molecule has 6 heteroatoms. The minimum Gasteiger partial charge on any atom is -0.425 e. The van der Waals surface area contributed by atoms with E-state index in [0.717, 1.165) is 48.1 Å². The second kappa shape index (κ2) is 8.75. The molecule has 1 fully saturated rings. The summed E-state index contributed by atoms with van der Waals surface area (Å²) >= 11 is 0. The molecular weight excluding hydrogens is 441 g/mol. The number of hydrogen-bond acceptors (Lipinski definition) is 3. The number of Topliss-reactive ketones (excluding diaryl/α,β-unsaturated/α-hetero) is 1. The summed E-state index contributed by atoms with van der Waals surface area (Å²) in [4.78, 5) is 25.8. The number of rotatable bonds is 3. The molecule has 34 heavy (non-hydrogen) atoms. The van der Waals surface area contributed by atoms with Gasteiger partial charge < -0.3 is 4.74 Å². The minimum atomic E-state index is -4.35. The highest BCUT2D eigenvalue weighted by Gasteiger charge is 2.43. The highest BCUT2D eigenvalue weighted by molar-refractivity contribution is 6.13. The lowest BCUT2D eigenvalue weighted by atomic mass is 9.70. The Labute approximate surface area is 195 Å². The van der Waals surface area contributed by atoms with Gasteiger partial charge in [-0.05, 0) is 72.1 Å². The Hall–Kier alpha value is -3.41. The van der Waals surface area contributed by atoms with E-state index in [9.17, 15) is 22.8 Å². The van der Waals surface area contributed by atoms with Gasteiger partial charge in [0.15, 0.2) is 5.78 Å². The fourth-order valence-corrected chi connectivity index (χ4v) is 5.24. The molecule has 0 aromatic heterocycles. The summed E-state index contributed by atoms with van der Waals surface area (Å²) in [6, 6.07) is 19.8. The molecule has 1 aliphatic carbocycles. The number of benzene rings is 3. The summed E-state index contributed by atoms with van der Waals surface area (Å²) in [6.45, 7) is 0. The number of halogens is 3. The van der Waals surface area contributed by atoms with Gasteiger partial charge >= 0.3 is 12.1 Å². The molecule has 1 aliphatic heterocycles. The molecule has 2 aliphatic rings. The Kier molecular flexibility index (Phi) is 5.76. The predicted molar refractivity (Wildman–Crippen MR) is 121 cm³/mol. The number of alkyl halides is 3. The van der Waals surface area contributed by atoms with Crippen molar-refractivity contribution in [3.05, 3.63) is 89.5 Å². The van der Waals surface area contributed by atoms with Crippen LogP contribution in [0.5, 0.6) is 5.75 Å². The Morgan fingerprint density at radius 1 is 0.794 bits per heavy atom. The maximum Gasteiger partial charge on any atom is 0.416 e. The van der Waals surface area contributed by atoms with Gasteiger partial charge in [-0.3, -0.25) is 9.59 Å².